The topological polar surface area (TPSA) is 472 Å². The van der Waals surface area contributed by atoms with Crippen LogP contribution in [0.15, 0.2) is 155 Å². The Labute approximate surface area is 775 Å². The van der Waals surface area contributed by atoms with Crippen molar-refractivity contribution in [1.29, 1.82) is 0 Å². The summed E-state index contributed by atoms with van der Waals surface area (Å²) in [5, 5.41) is 39.7. The van der Waals surface area contributed by atoms with Gasteiger partial charge in [0, 0.05) is 43.9 Å². The average Bonchev–Trinajstić information content (AvgIpc) is 1.05. The van der Waals surface area contributed by atoms with Gasteiger partial charge in [0.1, 0.15) is 42.5 Å². The van der Waals surface area contributed by atoms with Crippen molar-refractivity contribution in [2.75, 3.05) is 119 Å². The van der Waals surface area contributed by atoms with Crippen LogP contribution in [0.2, 0.25) is 0 Å². The predicted octanol–water partition coefficient (Wildman–Crippen LogP) is 9.12. The number of para-hydroxylation sites is 4. The number of alkyl carbamates (subject to hydrolysis) is 2. The van der Waals surface area contributed by atoms with Gasteiger partial charge in [-0.05, 0) is 163 Å². The molecule has 738 valence electrons. The average molecular weight is 1950 g/mol. The van der Waals surface area contributed by atoms with Crippen LogP contribution >= 0.6 is 16.0 Å². The third kappa shape index (κ3) is 35.7. The monoisotopic (exact) mass is 1950 g/mol. The summed E-state index contributed by atoms with van der Waals surface area (Å²) in [5.74, 6) is -1.42. The molecule has 8 N–H and O–H groups in total. The molecule has 0 spiro atoms. The van der Waals surface area contributed by atoms with Crippen molar-refractivity contribution in [2.24, 2.45) is 29.4 Å². The number of aliphatic hydroxyl groups excluding tert-OH is 2. The van der Waals surface area contributed by atoms with Crippen molar-refractivity contribution in [3.8, 4) is 34.5 Å². The Morgan fingerprint density at radius 1 is 0.594 bits per heavy atom. The molecule has 0 radical (unpaired) electrons. The van der Waals surface area contributed by atoms with Crippen LogP contribution in [0.3, 0.4) is 0 Å². The van der Waals surface area contributed by atoms with Crippen LogP contribution in [0, 0.1) is 23.7 Å². The Bertz CT molecular complexity index is 4870. The summed E-state index contributed by atoms with van der Waals surface area (Å²) in [6, 6.07) is 39.0. The number of sulfonamides is 2. The molecule has 10 rings (SSSR count). The lowest BCUT2D eigenvalue weighted by atomic mass is 10.00. The Morgan fingerprint density at radius 2 is 1.01 bits per heavy atom. The predicted molar refractivity (Wildman–Crippen MR) is 479 cm³/mol. The number of benzene rings is 6. The summed E-state index contributed by atoms with van der Waals surface area (Å²) < 4.78 is 191. The Morgan fingerprint density at radius 3 is 1.41 bits per heavy atom. The van der Waals surface area contributed by atoms with Crippen molar-refractivity contribution in [1.82, 2.24) is 19.2 Å². The molecular weight excluding hydrogens is 1830 g/mol. The van der Waals surface area contributed by atoms with E-state index in [4.69, 9.17) is 90.6 Å². The number of alkyl halides is 3. The van der Waals surface area contributed by atoms with Crippen LogP contribution < -0.4 is 54.8 Å². The fourth-order valence-corrected chi connectivity index (χ4v) is 20.2. The van der Waals surface area contributed by atoms with Crippen LogP contribution in [0.1, 0.15) is 109 Å². The van der Waals surface area contributed by atoms with E-state index in [0.29, 0.717) is 92.8 Å². The number of nitrogens with zero attached hydrogens (tertiary/aromatic N) is 2. The van der Waals surface area contributed by atoms with Gasteiger partial charge < -0.3 is 112 Å². The van der Waals surface area contributed by atoms with Crippen LogP contribution in [-0.2, 0) is 105 Å². The first kappa shape index (κ1) is 111. The molecule has 4 saturated heterocycles. The van der Waals surface area contributed by atoms with Crippen molar-refractivity contribution in [2.45, 2.75) is 179 Å². The molecule has 6 aromatic rings. The molecule has 0 aromatic heterocycles. The number of ether oxygens (including phenoxy) is 12. The number of carboxylic acid groups (broad SMARTS) is 1. The van der Waals surface area contributed by atoms with Crippen LogP contribution in [0.5, 0.6) is 34.5 Å². The van der Waals surface area contributed by atoms with E-state index in [1.807, 2.05) is 90.1 Å². The number of hydrogen-bond acceptors (Lipinski definition) is 31. The number of aldehydes is 1. The molecule has 36 nitrogen and oxygen atoms in total. The summed E-state index contributed by atoms with van der Waals surface area (Å²) in [6.07, 6.45) is -9.92. The molecule has 0 saturated carbocycles. The number of halogens is 3. The molecule has 4 unspecified atom stereocenters. The normalized spacial score (nSPS) is 18.9. The third-order valence-corrected chi connectivity index (χ3v) is 27.7. The first-order valence-electron chi connectivity index (χ1n) is 43.6. The van der Waals surface area contributed by atoms with Gasteiger partial charge in [-0.2, -0.15) is 21.8 Å². The minimum absolute atomic E-state index is 0.0306. The number of quaternary nitrogens is 1. The number of rotatable bonds is 48. The fourth-order valence-electron chi connectivity index (χ4n) is 13.9. The van der Waals surface area contributed by atoms with E-state index in [0.717, 1.165) is 23.0 Å². The summed E-state index contributed by atoms with van der Waals surface area (Å²) in [7, 11) is -10.2. The van der Waals surface area contributed by atoms with Gasteiger partial charge in [0.25, 0.3) is 0 Å². The number of aliphatic carboxylic acids is 1. The van der Waals surface area contributed by atoms with E-state index in [1.54, 1.807) is 93.6 Å². The largest absolute Gasteiger partial charge is 0.542 e. The number of carbonyl (C=O) groups excluding carboxylic acids is 6. The fraction of sp³-hybridized carbons (Fsp3) is 0.533. The van der Waals surface area contributed by atoms with E-state index in [-0.39, 0.29) is 117 Å². The molecule has 4 aliphatic rings. The number of hydrogen-bond donors (Lipinski definition) is 6. The summed E-state index contributed by atoms with van der Waals surface area (Å²) in [4.78, 5) is 70.5. The summed E-state index contributed by atoms with van der Waals surface area (Å²) in [5.41, 5.74) is 8.55. The lowest BCUT2D eigenvalue weighted by Crippen LogP contribution is -2.83. The number of esters is 2. The highest BCUT2D eigenvalue weighted by Crippen LogP contribution is 2.51. The number of aliphatic hydroxyl groups is 2. The van der Waals surface area contributed by atoms with Crippen molar-refractivity contribution in [3.63, 3.8) is 0 Å². The highest BCUT2D eigenvalue weighted by atomic mass is 32.2. The number of fused-ring (bicyclic) bond motifs is 2. The van der Waals surface area contributed by atoms with E-state index in [1.165, 1.54) is 54.0 Å². The Balaban J connectivity index is 0.000000289. The lowest BCUT2D eigenvalue weighted by molar-refractivity contribution is -0.666. The van der Waals surface area contributed by atoms with E-state index >= 15 is 0 Å². The van der Waals surface area contributed by atoms with Gasteiger partial charge in [-0.1, -0.05) is 100 Å². The molecule has 4 aliphatic heterocycles. The maximum atomic E-state index is 13.9. The van der Waals surface area contributed by atoms with Gasteiger partial charge in [-0.3, -0.25) is 9.32 Å². The number of nitrogens with one attached hydrogen (secondary N) is 2. The highest BCUT2D eigenvalue weighted by molar-refractivity contribution is 7.89. The smallest absolute Gasteiger partial charge is 0.430 e. The number of amides is 2. The second-order valence-electron chi connectivity index (χ2n) is 31.6. The van der Waals surface area contributed by atoms with Gasteiger partial charge in [-0.15, -0.1) is 0 Å². The van der Waals surface area contributed by atoms with Gasteiger partial charge >= 0.3 is 37.9 Å². The number of methoxy groups -OCH3 is 2. The van der Waals surface area contributed by atoms with Crippen LogP contribution in [0.25, 0.3) is 0 Å². The van der Waals surface area contributed by atoms with Crippen molar-refractivity contribution >= 4 is 72.4 Å². The van der Waals surface area contributed by atoms with Gasteiger partial charge in [-0.25, -0.2) is 40.6 Å². The lowest BCUT2D eigenvalue weighted by Gasteiger charge is -2.31. The minimum atomic E-state index is -5.19. The van der Waals surface area contributed by atoms with Gasteiger partial charge in [0.15, 0.2) is 47.8 Å². The van der Waals surface area contributed by atoms with E-state index < -0.39 is 134 Å². The molecular formula is C90H125F3N6O30P2S2. The van der Waals surface area contributed by atoms with E-state index in [9.17, 15) is 68.8 Å². The molecule has 0 aliphatic carbocycles. The third-order valence-electron chi connectivity index (χ3n) is 20.5. The Kier molecular flexibility index (Phi) is 45.7. The van der Waals surface area contributed by atoms with Crippen LogP contribution in [-0.4, -0.2) is 258 Å². The SMILES string of the molecule is CCOC(=O)[C@H](C)OP(=O)(CCN)Oc1ccccc1OCC.CCOC(=O)[C@H](C)OP(CC[NH2+]Cc1ccc(C[C@H](NC(=O)OC2CO[C@H]3OCC[C@@H]23)[C@H](O)CN(CC(C)C)S(=O)(=O)c2ccc(OC)cc2)cc1)Oc1ccccc1OCC.COc1ccc(S(=O)(=O)N(CC(C)C)C[C@@H](O)[C@H](Cc2ccc(C=O)cc2)NC(=O)OC2CO[C@H]3OCC[C@@H]23)cc1.O=C([O-])C(F)(F)F. The molecule has 4 fully saturated rings. The first-order valence-corrected chi connectivity index (χ1v) is 49.6. The van der Waals surface area contributed by atoms with E-state index in [2.05, 4.69) is 16.0 Å². The Hall–Kier alpha value is -9.39. The summed E-state index contributed by atoms with van der Waals surface area (Å²) in [6.45, 7) is 21.7. The number of nitrogens with two attached hydrogens (primary N) is 2. The zero-order valence-electron chi connectivity index (χ0n) is 76.6. The van der Waals surface area contributed by atoms with Crippen LogP contribution in [0.4, 0.5) is 22.8 Å². The molecule has 133 heavy (non-hydrogen) atoms. The van der Waals surface area contributed by atoms with Gasteiger partial charge in [0.2, 0.25) is 28.4 Å². The zero-order valence-corrected chi connectivity index (χ0v) is 80.0. The molecule has 4 heterocycles. The van der Waals surface area contributed by atoms with Crippen molar-refractivity contribution in [3.05, 3.63) is 168 Å². The molecule has 14 atom stereocenters. The molecule has 2 amide bonds. The zero-order chi connectivity index (χ0) is 97.6. The standard InChI is InChI=1S/C44H62N3O13PS.C29H38N2O9S.C15H24NO6P.C2HF3O2/c1-7-54-39-11-9-10-12-40(39)60-61(59-31(5)42(49)55-8-2)24-22-45-26-33-15-13-32(14-16-33)25-37(46-44(50)58-41-29-57-43-36(41)21-23-56-43)38(48)28-47(27-30(3)4)62(51,52)35-19-17-34(53-6)18-20-35;1-19(2)15-31(41(35,36)23-10-8-22(37-3)9-11-23)16-26(33)25(14-20-4-6-21(17-32)7-5-20)30-29(34)40-27-18-39-28-24(27)12-13-38-28;1-4-19-13-8-6-7-9-14(13)22-23(18,11-10-16)21-12(3)15(17)20-5-2;3-2(4,5)1(6)7/h9-20,30-31,36-38,41,43,45,48H,7-8,21-29H2,1-6H3,(H,46,50);4-11,17,19,24-28,33H,12-16,18H2,1-3H3,(H,30,34);6-9,12H,4-5,10-11,16H2,1-3H3;(H,6,7)/t31-,36-,37-,38+,41?,43+,61?;24-,25-,26+,27?,28+;12-,23?;/m000./s1. The molecule has 6 aromatic carbocycles. The van der Waals surface area contributed by atoms with Gasteiger partial charge in [0.05, 0.1) is 132 Å². The minimum Gasteiger partial charge on any atom is -0.542 e. The maximum Gasteiger partial charge on any atom is 0.430 e. The molecule has 0 bridgehead atoms. The summed E-state index contributed by atoms with van der Waals surface area (Å²) >= 11 is 0. The number of carbonyl (C=O) groups is 6. The second-order valence-corrected chi connectivity index (χ2v) is 39.1. The molecule has 43 heteroatoms. The second kappa shape index (κ2) is 55.0. The quantitative estimate of drug-likeness (QED) is 0.00681. The highest BCUT2D eigenvalue weighted by Gasteiger charge is 2.46. The number of carboxylic acids is 1. The first-order chi connectivity index (χ1) is 63.3. The maximum absolute atomic E-state index is 13.9. The van der Waals surface area contributed by atoms with Crippen molar-refractivity contribution < 1.29 is 159 Å².